The third kappa shape index (κ3) is 4.80. The summed E-state index contributed by atoms with van der Waals surface area (Å²) >= 11 is 0. The van der Waals surface area contributed by atoms with Gasteiger partial charge in [0.2, 0.25) is 0 Å². The number of aryl methyl sites for hydroxylation is 1. The van der Waals surface area contributed by atoms with E-state index in [0.29, 0.717) is 29.4 Å². The Morgan fingerprint density at radius 3 is 2.70 bits per heavy atom. The van der Waals surface area contributed by atoms with Gasteiger partial charge in [0.1, 0.15) is 36.1 Å². The number of benzene rings is 1. The van der Waals surface area contributed by atoms with Crippen LogP contribution in [-0.4, -0.2) is 72.2 Å². The van der Waals surface area contributed by atoms with Gasteiger partial charge in [-0.25, -0.2) is 23.5 Å². The summed E-state index contributed by atoms with van der Waals surface area (Å²) in [5.41, 5.74) is 7.77. The molecular weight excluding hydrogens is 524 g/mol. The Kier molecular flexibility index (Phi) is 6.44. The van der Waals surface area contributed by atoms with Crippen molar-refractivity contribution in [1.82, 2.24) is 19.3 Å². The second-order valence-corrected chi connectivity index (χ2v) is 12.2. The number of sulfone groups is 1. The number of nitrogen functional groups attached to an aromatic ring is 1. The van der Waals surface area contributed by atoms with Crippen molar-refractivity contribution in [2.24, 2.45) is 5.14 Å². The first-order valence-corrected chi connectivity index (χ1v) is 14.4. The van der Waals surface area contributed by atoms with Gasteiger partial charge in [-0.1, -0.05) is 24.0 Å². The topological polar surface area (TPSA) is 213 Å². The van der Waals surface area contributed by atoms with Gasteiger partial charge >= 0.3 is 0 Å². The van der Waals surface area contributed by atoms with Crippen LogP contribution in [0.3, 0.4) is 0 Å². The molecule has 15 heteroatoms. The largest absolute Gasteiger partial charge is 0.387 e. The Hall–Kier alpha value is -3.10. The van der Waals surface area contributed by atoms with E-state index in [1.165, 1.54) is 17.1 Å². The maximum atomic E-state index is 12.7. The van der Waals surface area contributed by atoms with Crippen LogP contribution in [0.15, 0.2) is 35.6 Å². The van der Waals surface area contributed by atoms with Gasteiger partial charge in [0, 0.05) is 18.3 Å². The van der Waals surface area contributed by atoms with Gasteiger partial charge in [-0.05, 0) is 24.5 Å². The van der Waals surface area contributed by atoms with Crippen molar-refractivity contribution < 1.29 is 31.8 Å². The number of rotatable bonds is 4. The minimum atomic E-state index is -4.05. The van der Waals surface area contributed by atoms with E-state index in [1.807, 2.05) is 4.72 Å². The Morgan fingerprint density at radius 1 is 1.19 bits per heavy atom. The molecule has 1 saturated heterocycles. The predicted molar refractivity (Wildman–Crippen MR) is 132 cm³/mol. The maximum absolute atomic E-state index is 12.7. The van der Waals surface area contributed by atoms with Crippen LogP contribution >= 0.6 is 0 Å². The first-order valence-electron chi connectivity index (χ1n) is 11.2. The van der Waals surface area contributed by atoms with Crippen LogP contribution in [0, 0.1) is 11.8 Å². The standard InChI is InChI=1S/C22H24N6O7S2/c23-20-16-14(7-6-13-4-1-3-12-5-2-8-36(31,32)19(12)13)10-28(21(16)26-11-25-20)22-18(30)17(29)15(35-22)9-27-37(24,33)34/h1,3-4,10-11,15,17-18,22,27,29-30H,2,5,8-9H2,(H2,23,25,26)(H2,24,33,34)/t15-,17-,18-,22-/m1/s1. The first-order chi connectivity index (χ1) is 17.5. The summed E-state index contributed by atoms with van der Waals surface area (Å²) in [7, 11) is -7.51. The molecular formula is C22H24N6O7S2. The lowest BCUT2D eigenvalue weighted by Crippen LogP contribution is -2.42. The van der Waals surface area contributed by atoms with Crippen molar-refractivity contribution in [3.05, 3.63) is 47.4 Å². The van der Waals surface area contributed by atoms with E-state index >= 15 is 0 Å². The van der Waals surface area contributed by atoms with Crippen LogP contribution in [0.5, 0.6) is 0 Å². The number of hydrogen-bond acceptors (Lipinski definition) is 10. The molecule has 0 saturated carbocycles. The van der Waals surface area contributed by atoms with E-state index in [2.05, 4.69) is 21.8 Å². The number of nitrogens with zero attached hydrogens (tertiary/aromatic N) is 3. The van der Waals surface area contributed by atoms with E-state index in [-0.39, 0.29) is 28.7 Å². The summed E-state index contributed by atoms with van der Waals surface area (Å²) in [6, 6.07) is 5.17. The zero-order chi connectivity index (χ0) is 26.5. The molecule has 4 heterocycles. The minimum absolute atomic E-state index is 0.0551. The van der Waals surface area contributed by atoms with Gasteiger partial charge < -0.3 is 25.3 Å². The number of nitrogens with two attached hydrogens (primary N) is 2. The molecule has 37 heavy (non-hydrogen) atoms. The fourth-order valence-electron chi connectivity index (χ4n) is 4.66. The molecule has 2 aromatic heterocycles. The smallest absolute Gasteiger partial charge is 0.274 e. The molecule has 1 aromatic carbocycles. The quantitative estimate of drug-likeness (QED) is 0.239. The molecule has 0 unspecified atom stereocenters. The van der Waals surface area contributed by atoms with Crippen molar-refractivity contribution in [3.63, 3.8) is 0 Å². The Balaban J connectivity index is 1.56. The average Bonchev–Trinajstić information content (AvgIpc) is 3.33. The summed E-state index contributed by atoms with van der Waals surface area (Å²) in [6.07, 6.45) is -1.25. The normalized spacial score (nSPS) is 24.9. The van der Waals surface area contributed by atoms with Crippen LogP contribution in [0.2, 0.25) is 0 Å². The monoisotopic (exact) mass is 548 g/mol. The number of nitrogens with one attached hydrogen (secondary N) is 1. The molecule has 0 radical (unpaired) electrons. The van der Waals surface area contributed by atoms with Gasteiger partial charge in [-0.3, -0.25) is 0 Å². The Labute approximate surface area is 212 Å². The number of aliphatic hydroxyl groups excluding tert-OH is 2. The van der Waals surface area contributed by atoms with E-state index < -0.39 is 44.6 Å². The Bertz CT molecular complexity index is 1660. The summed E-state index contributed by atoms with van der Waals surface area (Å²) < 4.78 is 57.1. The molecule has 0 aliphatic carbocycles. The fourth-order valence-corrected chi connectivity index (χ4v) is 6.81. The van der Waals surface area contributed by atoms with E-state index in [0.717, 1.165) is 5.56 Å². The van der Waals surface area contributed by atoms with Crippen LogP contribution in [0.1, 0.15) is 29.3 Å². The summed E-state index contributed by atoms with van der Waals surface area (Å²) in [5.74, 6) is 6.04. The number of ether oxygens (including phenoxy) is 1. The van der Waals surface area contributed by atoms with Crippen molar-refractivity contribution in [2.75, 3.05) is 18.0 Å². The fraction of sp³-hybridized carbons (Fsp3) is 0.364. The highest BCUT2D eigenvalue weighted by atomic mass is 32.2. The summed E-state index contributed by atoms with van der Waals surface area (Å²) in [6.45, 7) is -0.371. The molecule has 196 valence electrons. The zero-order valence-corrected chi connectivity index (χ0v) is 20.9. The van der Waals surface area contributed by atoms with Crippen molar-refractivity contribution in [1.29, 1.82) is 0 Å². The first kappa shape index (κ1) is 25.5. The second-order valence-electron chi connectivity index (χ2n) is 8.81. The van der Waals surface area contributed by atoms with Gasteiger partial charge in [-0.15, -0.1) is 0 Å². The summed E-state index contributed by atoms with van der Waals surface area (Å²) in [4.78, 5) is 8.46. The number of fused-ring (bicyclic) bond motifs is 2. The van der Waals surface area contributed by atoms with Crippen LogP contribution in [0.25, 0.3) is 11.0 Å². The molecule has 4 atom stereocenters. The SMILES string of the molecule is Nc1ncnc2c1c(C#Cc1cccc3c1S(=O)(=O)CCC3)cn2[C@@H]1O[C@H](CNS(N)(=O)=O)[C@@H](O)[C@H]1O. The third-order valence-electron chi connectivity index (χ3n) is 6.33. The molecule has 7 N–H and O–H groups in total. The number of hydrogen-bond donors (Lipinski definition) is 5. The molecule has 0 spiro atoms. The highest BCUT2D eigenvalue weighted by Gasteiger charge is 2.44. The molecule has 3 aromatic rings. The van der Waals surface area contributed by atoms with E-state index in [9.17, 15) is 27.0 Å². The molecule has 2 aliphatic heterocycles. The highest BCUT2D eigenvalue weighted by Crippen LogP contribution is 2.34. The van der Waals surface area contributed by atoms with Gasteiger partial charge in [0.15, 0.2) is 16.1 Å². The predicted octanol–water partition coefficient (Wildman–Crippen LogP) is -1.45. The molecule has 13 nitrogen and oxygen atoms in total. The molecule has 1 fully saturated rings. The zero-order valence-electron chi connectivity index (χ0n) is 19.3. The number of aromatic nitrogens is 3. The lowest BCUT2D eigenvalue weighted by atomic mass is 10.1. The van der Waals surface area contributed by atoms with Gasteiger partial charge in [0.25, 0.3) is 10.2 Å². The molecule has 2 aliphatic rings. The molecule has 0 bridgehead atoms. The Morgan fingerprint density at radius 2 is 1.95 bits per heavy atom. The highest BCUT2D eigenvalue weighted by molar-refractivity contribution is 7.91. The van der Waals surface area contributed by atoms with Gasteiger partial charge in [-0.2, -0.15) is 13.1 Å². The molecule has 5 rings (SSSR count). The van der Waals surface area contributed by atoms with Gasteiger partial charge in [0.05, 0.1) is 21.6 Å². The van der Waals surface area contributed by atoms with Crippen LogP contribution < -0.4 is 15.6 Å². The molecule has 0 amide bonds. The van der Waals surface area contributed by atoms with E-state index in [1.54, 1.807) is 18.2 Å². The summed E-state index contributed by atoms with van der Waals surface area (Å²) in [5, 5.41) is 26.4. The lowest BCUT2D eigenvalue weighted by Gasteiger charge is -2.17. The van der Waals surface area contributed by atoms with E-state index in [4.69, 9.17) is 15.6 Å². The number of anilines is 1. The average molecular weight is 549 g/mol. The van der Waals surface area contributed by atoms with Crippen molar-refractivity contribution >= 4 is 36.9 Å². The third-order valence-corrected chi connectivity index (χ3v) is 8.83. The van der Waals surface area contributed by atoms with Crippen LogP contribution in [0.4, 0.5) is 5.82 Å². The van der Waals surface area contributed by atoms with Crippen molar-refractivity contribution in [3.8, 4) is 11.8 Å². The lowest BCUT2D eigenvalue weighted by molar-refractivity contribution is -0.0327. The van der Waals surface area contributed by atoms with Crippen LogP contribution in [-0.2, 0) is 31.2 Å². The number of aliphatic hydroxyl groups is 2. The van der Waals surface area contributed by atoms with Crippen molar-refractivity contribution in [2.45, 2.75) is 42.3 Å². The maximum Gasteiger partial charge on any atom is 0.274 e. The second kappa shape index (κ2) is 9.33. The minimum Gasteiger partial charge on any atom is -0.387 e.